The molecule has 2 amide bonds. The summed E-state index contributed by atoms with van der Waals surface area (Å²) in [5.41, 5.74) is 0.0878. The van der Waals surface area contributed by atoms with E-state index in [0.29, 0.717) is 19.4 Å². The van der Waals surface area contributed by atoms with Gasteiger partial charge in [-0.3, -0.25) is 9.59 Å². The Kier molecular flexibility index (Phi) is 7.93. The van der Waals surface area contributed by atoms with E-state index in [0.717, 1.165) is 0 Å². The summed E-state index contributed by atoms with van der Waals surface area (Å²) in [6.45, 7) is 2.58. The molecule has 0 saturated carbocycles. The van der Waals surface area contributed by atoms with Crippen LogP contribution in [0, 0.1) is 0 Å². The van der Waals surface area contributed by atoms with E-state index in [4.69, 9.17) is 4.43 Å². The van der Waals surface area contributed by atoms with E-state index in [1.54, 1.807) is 14.1 Å². The van der Waals surface area contributed by atoms with Gasteiger partial charge in [-0.2, -0.15) is 0 Å². The highest BCUT2D eigenvalue weighted by molar-refractivity contribution is 6.31. The van der Waals surface area contributed by atoms with Crippen LogP contribution >= 0.6 is 0 Å². The number of carbonyl (C=O) groups is 2. The summed E-state index contributed by atoms with van der Waals surface area (Å²) in [6.07, 6.45) is 0.770. The standard InChI is InChI=1S/C9H20N2O3Si/c1-4-14-15-7(5-8(12)10-2)6-9(13)11-3/h7H,4-6,15H2,1-3H3,(H,10,12)(H,11,13). The molecule has 0 aromatic carbocycles. The normalized spacial score (nSPS) is 10.9. The topological polar surface area (TPSA) is 67.4 Å². The SMILES string of the molecule is CCO[SiH2]C(CC(=O)NC)CC(=O)NC. The molecule has 6 heteroatoms. The van der Waals surface area contributed by atoms with Crippen LogP contribution in [-0.4, -0.2) is 42.3 Å². The zero-order chi connectivity index (χ0) is 11.7. The molecule has 0 fully saturated rings. The average molecular weight is 232 g/mol. The molecule has 0 aromatic heterocycles. The van der Waals surface area contributed by atoms with E-state index in [9.17, 15) is 9.59 Å². The lowest BCUT2D eigenvalue weighted by Gasteiger charge is -2.14. The highest BCUT2D eigenvalue weighted by Gasteiger charge is 2.17. The molecular formula is C9H20N2O3Si. The monoisotopic (exact) mass is 232 g/mol. The molecule has 0 atom stereocenters. The van der Waals surface area contributed by atoms with E-state index in [2.05, 4.69) is 10.6 Å². The Morgan fingerprint density at radius 1 is 1.20 bits per heavy atom. The van der Waals surface area contributed by atoms with Gasteiger partial charge in [0.2, 0.25) is 11.8 Å². The molecule has 0 aliphatic heterocycles. The lowest BCUT2D eigenvalue weighted by Crippen LogP contribution is -2.26. The van der Waals surface area contributed by atoms with Crippen LogP contribution in [0.3, 0.4) is 0 Å². The molecule has 0 aliphatic rings. The average Bonchev–Trinajstić information content (AvgIpc) is 2.25. The van der Waals surface area contributed by atoms with E-state index >= 15 is 0 Å². The first-order valence-electron chi connectivity index (χ1n) is 5.12. The largest absolute Gasteiger partial charge is 0.424 e. The molecule has 0 saturated heterocycles. The van der Waals surface area contributed by atoms with Crippen LogP contribution < -0.4 is 10.6 Å². The maximum Gasteiger partial charge on any atom is 0.219 e. The second kappa shape index (κ2) is 8.43. The minimum Gasteiger partial charge on any atom is -0.424 e. The van der Waals surface area contributed by atoms with Crippen LogP contribution in [-0.2, 0) is 14.0 Å². The van der Waals surface area contributed by atoms with Gasteiger partial charge in [0.15, 0.2) is 9.76 Å². The van der Waals surface area contributed by atoms with Crippen LogP contribution in [0.25, 0.3) is 0 Å². The van der Waals surface area contributed by atoms with Crippen molar-refractivity contribution in [2.24, 2.45) is 0 Å². The molecule has 15 heavy (non-hydrogen) atoms. The molecule has 0 aliphatic carbocycles. The Morgan fingerprint density at radius 2 is 1.67 bits per heavy atom. The summed E-state index contributed by atoms with van der Waals surface area (Å²) in [6, 6.07) is 0. The minimum absolute atomic E-state index is 0.0314. The molecule has 0 radical (unpaired) electrons. The van der Waals surface area contributed by atoms with Crippen LogP contribution in [0.15, 0.2) is 0 Å². The third-order valence-corrected chi connectivity index (χ3v) is 3.76. The van der Waals surface area contributed by atoms with E-state index in [1.807, 2.05) is 6.92 Å². The predicted molar refractivity (Wildman–Crippen MR) is 61.3 cm³/mol. The number of hydrogen-bond donors (Lipinski definition) is 2. The molecule has 0 aromatic rings. The Labute approximate surface area is 92.9 Å². The second-order valence-electron chi connectivity index (χ2n) is 3.28. The summed E-state index contributed by atoms with van der Waals surface area (Å²) >= 11 is 0. The molecule has 0 bridgehead atoms. The van der Waals surface area contributed by atoms with Gasteiger partial charge in [0.05, 0.1) is 0 Å². The summed E-state index contributed by atoms with van der Waals surface area (Å²) in [5.74, 6) is -0.0628. The van der Waals surface area contributed by atoms with Crippen molar-refractivity contribution >= 4 is 21.6 Å². The van der Waals surface area contributed by atoms with Crippen molar-refractivity contribution in [1.82, 2.24) is 10.6 Å². The van der Waals surface area contributed by atoms with E-state index < -0.39 is 9.76 Å². The Hall–Kier alpha value is -0.883. The van der Waals surface area contributed by atoms with Gasteiger partial charge in [0.25, 0.3) is 0 Å². The Bertz CT molecular complexity index is 194. The second-order valence-corrected chi connectivity index (χ2v) is 5.18. The lowest BCUT2D eigenvalue weighted by molar-refractivity contribution is -0.122. The molecule has 0 spiro atoms. The van der Waals surface area contributed by atoms with Crippen LogP contribution in [0.4, 0.5) is 0 Å². The number of hydrogen-bond acceptors (Lipinski definition) is 3. The van der Waals surface area contributed by atoms with Crippen LogP contribution in [0.5, 0.6) is 0 Å². The van der Waals surface area contributed by atoms with Gasteiger partial charge < -0.3 is 15.1 Å². The summed E-state index contributed by atoms with van der Waals surface area (Å²) < 4.78 is 5.37. The summed E-state index contributed by atoms with van der Waals surface area (Å²) in [5, 5.41) is 5.12. The van der Waals surface area contributed by atoms with Gasteiger partial charge in [-0.05, 0) is 12.5 Å². The van der Waals surface area contributed by atoms with Crippen molar-refractivity contribution in [2.45, 2.75) is 25.3 Å². The zero-order valence-electron chi connectivity index (χ0n) is 9.63. The van der Waals surface area contributed by atoms with Crippen LogP contribution in [0.2, 0.25) is 5.54 Å². The van der Waals surface area contributed by atoms with Gasteiger partial charge in [-0.1, -0.05) is 0 Å². The smallest absolute Gasteiger partial charge is 0.219 e. The fourth-order valence-electron chi connectivity index (χ4n) is 1.20. The quantitative estimate of drug-likeness (QED) is 0.563. The molecule has 88 valence electrons. The maximum absolute atomic E-state index is 11.2. The highest BCUT2D eigenvalue weighted by Crippen LogP contribution is 2.14. The molecular weight excluding hydrogens is 212 g/mol. The van der Waals surface area contributed by atoms with E-state index in [-0.39, 0.29) is 17.4 Å². The molecule has 5 nitrogen and oxygen atoms in total. The molecule has 2 N–H and O–H groups in total. The van der Waals surface area contributed by atoms with Crippen molar-refractivity contribution in [1.29, 1.82) is 0 Å². The Morgan fingerprint density at radius 3 is 2.00 bits per heavy atom. The van der Waals surface area contributed by atoms with E-state index in [1.165, 1.54) is 0 Å². The number of amides is 2. The van der Waals surface area contributed by atoms with Crippen molar-refractivity contribution in [3.8, 4) is 0 Å². The van der Waals surface area contributed by atoms with Gasteiger partial charge >= 0.3 is 0 Å². The lowest BCUT2D eigenvalue weighted by atomic mass is 10.2. The number of nitrogens with one attached hydrogen (secondary N) is 2. The molecule has 0 heterocycles. The zero-order valence-corrected chi connectivity index (χ0v) is 11.0. The van der Waals surface area contributed by atoms with Crippen molar-refractivity contribution in [2.75, 3.05) is 20.7 Å². The van der Waals surface area contributed by atoms with Gasteiger partial charge in [0, 0.05) is 33.5 Å². The van der Waals surface area contributed by atoms with Gasteiger partial charge in [-0.25, -0.2) is 0 Å². The molecule has 0 rings (SSSR count). The highest BCUT2D eigenvalue weighted by atomic mass is 28.2. The third kappa shape index (κ3) is 7.09. The van der Waals surface area contributed by atoms with Crippen molar-refractivity contribution in [3.63, 3.8) is 0 Å². The Balaban J connectivity index is 4.05. The minimum atomic E-state index is -0.801. The number of carbonyl (C=O) groups excluding carboxylic acids is 2. The van der Waals surface area contributed by atoms with Crippen molar-refractivity contribution < 1.29 is 14.0 Å². The fraction of sp³-hybridized carbons (Fsp3) is 0.778. The first-order chi connectivity index (χ1) is 7.13. The maximum atomic E-state index is 11.2. The molecule has 0 unspecified atom stereocenters. The predicted octanol–water partition coefficient (Wildman–Crippen LogP) is -0.833. The van der Waals surface area contributed by atoms with Gasteiger partial charge in [0.1, 0.15) is 0 Å². The van der Waals surface area contributed by atoms with Crippen molar-refractivity contribution in [3.05, 3.63) is 0 Å². The summed E-state index contributed by atoms with van der Waals surface area (Å²) in [4.78, 5) is 22.4. The first-order valence-corrected chi connectivity index (χ1v) is 6.52. The number of rotatable bonds is 7. The third-order valence-electron chi connectivity index (χ3n) is 2.06. The fourth-order valence-corrected chi connectivity index (χ4v) is 2.53. The van der Waals surface area contributed by atoms with Gasteiger partial charge in [-0.15, -0.1) is 0 Å². The van der Waals surface area contributed by atoms with Crippen LogP contribution in [0.1, 0.15) is 19.8 Å². The first kappa shape index (κ1) is 14.1. The summed E-state index contributed by atoms with van der Waals surface area (Å²) in [7, 11) is 2.40.